The molecule has 19 heavy (non-hydrogen) atoms. The number of nitrogens with two attached hydrogens (primary N) is 1. The summed E-state index contributed by atoms with van der Waals surface area (Å²) in [6.45, 7) is 2.18. The molecular formula is C12H17ClFN3O2. The van der Waals surface area contributed by atoms with E-state index >= 15 is 0 Å². The number of amides is 2. The number of halogens is 2. The van der Waals surface area contributed by atoms with Crippen LogP contribution in [0.2, 0.25) is 0 Å². The van der Waals surface area contributed by atoms with Gasteiger partial charge in [0, 0.05) is 19.2 Å². The first-order valence-electron chi connectivity index (χ1n) is 5.60. The highest BCUT2D eigenvalue weighted by molar-refractivity contribution is 5.97. The van der Waals surface area contributed by atoms with Crippen LogP contribution >= 0.6 is 12.4 Å². The summed E-state index contributed by atoms with van der Waals surface area (Å²) >= 11 is 0. The Labute approximate surface area is 117 Å². The number of rotatable bonds is 5. The van der Waals surface area contributed by atoms with Crippen molar-refractivity contribution in [3.8, 4) is 0 Å². The zero-order valence-electron chi connectivity index (χ0n) is 10.5. The first-order valence-corrected chi connectivity index (χ1v) is 5.60. The van der Waals surface area contributed by atoms with E-state index in [1.54, 1.807) is 0 Å². The third-order valence-electron chi connectivity index (χ3n) is 2.20. The Kier molecular flexibility index (Phi) is 7.71. The standard InChI is InChI=1S/C12H16FN3O2.ClH/c1-8(17)16-9-3-4-11(13)10(7-9)12(18)15-6-2-5-14;/h3-4,7H,2,5-6,14H2,1H3,(H,15,18)(H,16,17);1H. The molecule has 0 aliphatic carbocycles. The van der Waals surface area contributed by atoms with Crippen molar-refractivity contribution in [2.75, 3.05) is 18.4 Å². The van der Waals surface area contributed by atoms with Gasteiger partial charge in [0.05, 0.1) is 5.56 Å². The van der Waals surface area contributed by atoms with Crippen LogP contribution in [0.1, 0.15) is 23.7 Å². The number of carbonyl (C=O) groups is 2. The fraction of sp³-hybridized carbons (Fsp3) is 0.333. The lowest BCUT2D eigenvalue weighted by Crippen LogP contribution is -2.27. The number of carbonyl (C=O) groups excluding carboxylic acids is 2. The van der Waals surface area contributed by atoms with E-state index in [1.165, 1.54) is 19.1 Å². The molecule has 0 saturated heterocycles. The molecule has 5 nitrogen and oxygen atoms in total. The van der Waals surface area contributed by atoms with Gasteiger partial charge >= 0.3 is 0 Å². The average Bonchev–Trinajstić information content (AvgIpc) is 2.31. The van der Waals surface area contributed by atoms with Crippen molar-refractivity contribution < 1.29 is 14.0 Å². The Bertz CT molecular complexity index is 455. The van der Waals surface area contributed by atoms with E-state index in [-0.39, 0.29) is 23.9 Å². The van der Waals surface area contributed by atoms with Gasteiger partial charge in [-0.2, -0.15) is 0 Å². The minimum absolute atomic E-state index is 0. The van der Waals surface area contributed by atoms with Crippen LogP contribution in [0.3, 0.4) is 0 Å². The van der Waals surface area contributed by atoms with Gasteiger partial charge in [-0.15, -0.1) is 12.4 Å². The molecule has 1 rings (SSSR count). The zero-order valence-corrected chi connectivity index (χ0v) is 11.3. The van der Waals surface area contributed by atoms with Gasteiger partial charge in [0.1, 0.15) is 5.82 Å². The molecular weight excluding hydrogens is 273 g/mol. The van der Waals surface area contributed by atoms with E-state index in [2.05, 4.69) is 10.6 Å². The van der Waals surface area contributed by atoms with Gasteiger partial charge in [0.15, 0.2) is 0 Å². The van der Waals surface area contributed by atoms with Gasteiger partial charge in [-0.05, 0) is 31.2 Å². The number of nitrogens with one attached hydrogen (secondary N) is 2. The molecule has 0 spiro atoms. The molecule has 2 amide bonds. The van der Waals surface area contributed by atoms with Crippen LogP contribution in [0.4, 0.5) is 10.1 Å². The van der Waals surface area contributed by atoms with Crippen molar-refractivity contribution in [3.63, 3.8) is 0 Å². The maximum absolute atomic E-state index is 13.5. The molecule has 0 aliphatic rings. The van der Waals surface area contributed by atoms with Crippen molar-refractivity contribution in [2.24, 2.45) is 5.73 Å². The van der Waals surface area contributed by atoms with E-state index in [1.807, 2.05) is 0 Å². The SMILES string of the molecule is CC(=O)Nc1ccc(F)c(C(=O)NCCCN)c1.Cl. The maximum atomic E-state index is 13.5. The second-order valence-electron chi connectivity index (χ2n) is 3.77. The monoisotopic (exact) mass is 289 g/mol. The number of hydrogen-bond donors (Lipinski definition) is 3. The summed E-state index contributed by atoms with van der Waals surface area (Å²) in [5, 5.41) is 5.04. The highest BCUT2D eigenvalue weighted by Crippen LogP contribution is 2.14. The molecule has 7 heteroatoms. The summed E-state index contributed by atoms with van der Waals surface area (Å²) in [5.41, 5.74) is 5.57. The van der Waals surface area contributed by atoms with Crippen LogP contribution in [-0.4, -0.2) is 24.9 Å². The molecule has 0 heterocycles. The summed E-state index contributed by atoms with van der Waals surface area (Å²) in [6.07, 6.45) is 0.624. The van der Waals surface area contributed by atoms with E-state index in [0.29, 0.717) is 25.2 Å². The summed E-state index contributed by atoms with van der Waals surface area (Å²) in [5.74, 6) is -1.43. The Morgan fingerprint density at radius 1 is 1.37 bits per heavy atom. The Morgan fingerprint density at radius 2 is 2.05 bits per heavy atom. The van der Waals surface area contributed by atoms with Gasteiger partial charge in [0.2, 0.25) is 5.91 Å². The molecule has 0 fully saturated rings. The van der Waals surface area contributed by atoms with E-state index in [4.69, 9.17) is 5.73 Å². The quantitative estimate of drug-likeness (QED) is 0.714. The van der Waals surface area contributed by atoms with Crippen LogP contribution in [0.25, 0.3) is 0 Å². The summed E-state index contributed by atoms with van der Waals surface area (Å²) in [4.78, 5) is 22.5. The van der Waals surface area contributed by atoms with Gasteiger partial charge in [0.25, 0.3) is 5.91 Å². The van der Waals surface area contributed by atoms with Gasteiger partial charge in [-0.1, -0.05) is 0 Å². The van der Waals surface area contributed by atoms with Gasteiger partial charge in [-0.25, -0.2) is 4.39 Å². The molecule has 0 unspecified atom stereocenters. The smallest absolute Gasteiger partial charge is 0.254 e. The van der Waals surface area contributed by atoms with Crippen LogP contribution in [0.15, 0.2) is 18.2 Å². The predicted molar refractivity (Wildman–Crippen MR) is 74.0 cm³/mol. The molecule has 1 aromatic carbocycles. The highest BCUT2D eigenvalue weighted by Gasteiger charge is 2.12. The molecule has 0 aliphatic heterocycles. The van der Waals surface area contributed by atoms with Crippen molar-refractivity contribution in [3.05, 3.63) is 29.6 Å². The van der Waals surface area contributed by atoms with Crippen molar-refractivity contribution in [1.29, 1.82) is 0 Å². The predicted octanol–water partition coefficient (Wildman–Crippen LogP) is 1.28. The van der Waals surface area contributed by atoms with Gasteiger partial charge in [-0.3, -0.25) is 9.59 Å². The minimum atomic E-state index is -0.630. The fourth-order valence-corrected chi connectivity index (χ4v) is 1.38. The van der Waals surface area contributed by atoms with Crippen LogP contribution in [0.5, 0.6) is 0 Å². The van der Waals surface area contributed by atoms with Gasteiger partial charge < -0.3 is 16.4 Å². The zero-order chi connectivity index (χ0) is 13.5. The fourth-order valence-electron chi connectivity index (χ4n) is 1.38. The van der Waals surface area contributed by atoms with E-state index < -0.39 is 11.7 Å². The molecule has 0 bridgehead atoms. The summed E-state index contributed by atoms with van der Waals surface area (Å²) in [6, 6.07) is 3.84. The Hall–Kier alpha value is -1.66. The van der Waals surface area contributed by atoms with E-state index in [0.717, 1.165) is 6.07 Å². The minimum Gasteiger partial charge on any atom is -0.352 e. The molecule has 0 saturated carbocycles. The topological polar surface area (TPSA) is 84.2 Å². The number of benzene rings is 1. The lowest BCUT2D eigenvalue weighted by molar-refractivity contribution is -0.114. The van der Waals surface area contributed by atoms with Crippen molar-refractivity contribution in [1.82, 2.24) is 5.32 Å². The first kappa shape index (κ1) is 17.3. The summed E-state index contributed by atoms with van der Waals surface area (Å²) < 4.78 is 13.5. The molecule has 106 valence electrons. The Balaban J connectivity index is 0.00000324. The Morgan fingerprint density at radius 3 is 2.63 bits per heavy atom. The van der Waals surface area contributed by atoms with Crippen molar-refractivity contribution >= 4 is 29.9 Å². The first-order chi connectivity index (χ1) is 8.54. The third kappa shape index (κ3) is 5.67. The van der Waals surface area contributed by atoms with Crippen LogP contribution < -0.4 is 16.4 Å². The average molecular weight is 290 g/mol. The molecule has 1 aromatic rings. The van der Waals surface area contributed by atoms with Crippen LogP contribution in [0, 0.1) is 5.82 Å². The number of anilines is 1. The second kappa shape index (κ2) is 8.44. The van der Waals surface area contributed by atoms with Crippen molar-refractivity contribution in [2.45, 2.75) is 13.3 Å². The number of hydrogen-bond acceptors (Lipinski definition) is 3. The summed E-state index contributed by atoms with van der Waals surface area (Å²) in [7, 11) is 0. The lowest BCUT2D eigenvalue weighted by Gasteiger charge is -2.08. The molecule has 4 N–H and O–H groups in total. The molecule has 0 atom stereocenters. The second-order valence-corrected chi connectivity index (χ2v) is 3.77. The molecule has 0 aromatic heterocycles. The van der Waals surface area contributed by atoms with E-state index in [9.17, 15) is 14.0 Å². The normalized spacial score (nSPS) is 9.42. The third-order valence-corrected chi connectivity index (χ3v) is 2.20. The molecule has 0 radical (unpaired) electrons. The largest absolute Gasteiger partial charge is 0.352 e. The maximum Gasteiger partial charge on any atom is 0.254 e. The van der Waals surface area contributed by atoms with Crippen LogP contribution in [-0.2, 0) is 4.79 Å². The highest BCUT2D eigenvalue weighted by atomic mass is 35.5. The lowest BCUT2D eigenvalue weighted by atomic mass is 10.1.